The van der Waals surface area contributed by atoms with Gasteiger partial charge in [0.15, 0.2) is 0 Å². The van der Waals surface area contributed by atoms with Gasteiger partial charge in [0.2, 0.25) is 0 Å². The normalized spacial score (nSPS) is 11.3. The molecule has 0 saturated heterocycles. The summed E-state index contributed by atoms with van der Waals surface area (Å²) in [7, 11) is 0. The lowest BCUT2D eigenvalue weighted by Gasteiger charge is -2.30. The molecule has 398 valence electrons. The highest BCUT2D eigenvalue weighted by Gasteiger charge is 2.21. The Morgan fingerprint density at radius 2 is 0.488 bits per heavy atom. The highest BCUT2D eigenvalue weighted by molar-refractivity contribution is 5.98. The van der Waals surface area contributed by atoms with Crippen LogP contribution in [0.25, 0.3) is 18.2 Å². The zero-order chi connectivity index (χ0) is 57.9. The van der Waals surface area contributed by atoms with Crippen LogP contribution in [-0.2, 0) is 14.4 Å². The van der Waals surface area contributed by atoms with Crippen molar-refractivity contribution in [2.24, 2.45) is 0 Å². The molecule has 0 atom stereocenters. The van der Waals surface area contributed by atoms with Gasteiger partial charge in [-0.1, -0.05) is 72.8 Å². The maximum atomic E-state index is 11.7. The van der Waals surface area contributed by atoms with Gasteiger partial charge in [0.1, 0.15) is 34.9 Å². The summed E-state index contributed by atoms with van der Waals surface area (Å²) < 4.78 is 0. The summed E-state index contributed by atoms with van der Waals surface area (Å²) in [6, 6.07) is 76.2. The Morgan fingerprint density at radius 1 is 0.305 bits per heavy atom. The van der Waals surface area contributed by atoms with Gasteiger partial charge in [-0.2, -0.15) is 15.8 Å². The van der Waals surface area contributed by atoms with Gasteiger partial charge in [-0.3, -0.25) is 0 Å². The third kappa shape index (κ3) is 12.7. The number of carboxylic acids is 3. The topological polar surface area (TPSA) is 196 Å². The Balaban J connectivity index is 1.15. The van der Waals surface area contributed by atoms with Crippen LogP contribution in [-0.4, -0.2) is 33.2 Å². The summed E-state index contributed by atoms with van der Waals surface area (Å²) in [5.74, 6) is -3.90. The monoisotopic (exact) mass is 1070 g/mol. The molecular weight excluding hydrogens is 1020 g/mol. The molecule has 0 aliphatic heterocycles. The van der Waals surface area contributed by atoms with E-state index in [1.807, 2.05) is 148 Å². The van der Waals surface area contributed by atoms with E-state index in [9.17, 15) is 45.5 Å². The Bertz CT molecular complexity index is 3650. The predicted molar refractivity (Wildman–Crippen MR) is 323 cm³/mol. The zero-order valence-corrected chi connectivity index (χ0v) is 44.7. The second-order valence-electron chi connectivity index (χ2n) is 19.1. The maximum absolute atomic E-state index is 11.7. The van der Waals surface area contributed by atoms with Crippen molar-refractivity contribution in [3.8, 4) is 18.2 Å². The highest BCUT2D eigenvalue weighted by Crippen LogP contribution is 2.43. The van der Waals surface area contributed by atoms with E-state index < -0.39 is 17.9 Å². The van der Waals surface area contributed by atoms with E-state index in [0.717, 1.165) is 84.9 Å². The van der Waals surface area contributed by atoms with E-state index in [1.54, 1.807) is 54.6 Å². The number of hydrogen-bond donors (Lipinski definition) is 3. The first-order valence-electron chi connectivity index (χ1n) is 25.8. The van der Waals surface area contributed by atoms with E-state index >= 15 is 0 Å². The minimum Gasteiger partial charge on any atom is -0.477 e. The molecule has 0 bridgehead atoms. The van der Waals surface area contributed by atoms with E-state index in [4.69, 9.17) is 0 Å². The molecule has 0 radical (unpaired) electrons. The average Bonchev–Trinajstić information content (AvgIpc) is 3.53. The Hall–Kier alpha value is -11.7. The van der Waals surface area contributed by atoms with Crippen LogP contribution in [0.5, 0.6) is 0 Å². The number of nitrogens with zero attached hydrogens (tertiary/aromatic N) is 7. The fourth-order valence-electron chi connectivity index (χ4n) is 9.43. The van der Waals surface area contributed by atoms with Crippen molar-refractivity contribution in [1.29, 1.82) is 15.8 Å². The van der Waals surface area contributed by atoms with Crippen molar-refractivity contribution < 1.29 is 29.7 Å². The van der Waals surface area contributed by atoms with Gasteiger partial charge < -0.3 is 34.9 Å². The van der Waals surface area contributed by atoms with Crippen LogP contribution in [0.1, 0.15) is 33.4 Å². The summed E-state index contributed by atoms with van der Waals surface area (Å²) in [6.07, 6.45) is 4.02. The SMILES string of the molecule is Cc1cccc(N(c2ccc(/C=C(/C#N)C(=O)O)cc2)c2ccc(N(c3ccc(N(c4ccc(/C=C(/C#N)C(=O)O)cc4)c4cccc(C)c4)cc3)c3ccc(N(c4ccc(/C=C(\C#N)C(=O)O)cc4)c4cccc(C)c4)cc3)cc2)c1. The van der Waals surface area contributed by atoms with Gasteiger partial charge in [0.05, 0.1) is 0 Å². The van der Waals surface area contributed by atoms with Crippen LogP contribution in [0.4, 0.5) is 68.2 Å². The molecule has 0 aliphatic rings. The highest BCUT2D eigenvalue weighted by atomic mass is 16.4. The summed E-state index contributed by atoms with van der Waals surface area (Å²) >= 11 is 0. The first-order valence-corrected chi connectivity index (χ1v) is 25.8. The second kappa shape index (κ2) is 24.7. The van der Waals surface area contributed by atoms with Gasteiger partial charge in [-0.15, -0.1) is 0 Å². The van der Waals surface area contributed by atoms with Gasteiger partial charge >= 0.3 is 17.9 Å². The molecule has 0 spiro atoms. The molecule has 0 aliphatic carbocycles. The lowest BCUT2D eigenvalue weighted by atomic mass is 10.1. The van der Waals surface area contributed by atoms with E-state index in [1.165, 1.54) is 18.2 Å². The quantitative estimate of drug-likeness (QED) is 0.0543. The summed E-state index contributed by atoms with van der Waals surface area (Å²) in [4.78, 5) is 43.4. The number of aliphatic carboxylic acids is 3. The van der Waals surface area contributed by atoms with E-state index in [2.05, 4.69) is 74.2 Å². The molecule has 0 saturated carbocycles. The third-order valence-corrected chi connectivity index (χ3v) is 13.3. The molecular formula is C69H51N7O6. The number of hydrogen-bond acceptors (Lipinski definition) is 10. The van der Waals surface area contributed by atoms with Gasteiger partial charge in [-0.25, -0.2) is 14.4 Å². The molecule has 9 aromatic carbocycles. The van der Waals surface area contributed by atoms with Crippen molar-refractivity contribution >= 4 is 104 Å². The van der Waals surface area contributed by atoms with Gasteiger partial charge in [0.25, 0.3) is 0 Å². The van der Waals surface area contributed by atoms with Gasteiger partial charge in [-0.05, 0) is 218 Å². The summed E-state index contributed by atoms with van der Waals surface area (Å²) in [6.45, 7) is 6.08. The first-order chi connectivity index (χ1) is 39.7. The van der Waals surface area contributed by atoms with Crippen molar-refractivity contribution in [3.05, 3.63) is 268 Å². The Morgan fingerprint density at radius 3 is 0.659 bits per heavy atom. The van der Waals surface area contributed by atoms with Crippen LogP contribution in [0.3, 0.4) is 0 Å². The number of carbonyl (C=O) groups is 3. The van der Waals surface area contributed by atoms with E-state index in [0.29, 0.717) is 16.7 Å². The van der Waals surface area contributed by atoms with Crippen LogP contribution in [0.15, 0.2) is 235 Å². The van der Waals surface area contributed by atoms with E-state index in [-0.39, 0.29) is 16.7 Å². The number of carboxylic acid groups (broad SMARTS) is 3. The fourth-order valence-corrected chi connectivity index (χ4v) is 9.43. The third-order valence-electron chi connectivity index (χ3n) is 13.3. The largest absolute Gasteiger partial charge is 0.477 e. The molecule has 0 unspecified atom stereocenters. The smallest absolute Gasteiger partial charge is 0.346 e. The first kappa shape index (κ1) is 55.0. The van der Waals surface area contributed by atoms with Crippen molar-refractivity contribution in [1.82, 2.24) is 0 Å². The minimum absolute atomic E-state index is 0.369. The maximum Gasteiger partial charge on any atom is 0.346 e. The molecule has 0 heterocycles. The van der Waals surface area contributed by atoms with Crippen LogP contribution >= 0.6 is 0 Å². The number of nitriles is 3. The van der Waals surface area contributed by atoms with Crippen LogP contribution in [0, 0.1) is 54.8 Å². The van der Waals surface area contributed by atoms with Crippen molar-refractivity contribution in [3.63, 3.8) is 0 Å². The number of anilines is 12. The number of benzene rings is 9. The molecule has 13 heteroatoms. The van der Waals surface area contributed by atoms with Crippen LogP contribution in [0.2, 0.25) is 0 Å². The minimum atomic E-state index is -1.30. The fraction of sp³-hybridized carbons (Fsp3) is 0.0435. The van der Waals surface area contributed by atoms with Gasteiger partial charge in [0, 0.05) is 68.2 Å². The lowest BCUT2D eigenvalue weighted by molar-refractivity contribution is -0.133. The number of aryl methyl sites for hydroxylation is 3. The zero-order valence-electron chi connectivity index (χ0n) is 44.7. The summed E-state index contributed by atoms with van der Waals surface area (Å²) in [5, 5.41) is 56.8. The Labute approximate surface area is 474 Å². The summed E-state index contributed by atoms with van der Waals surface area (Å²) in [5.41, 5.74) is 13.9. The molecule has 9 aromatic rings. The molecule has 0 amide bonds. The average molecular weight is 1070 g/mol. The lowest BCUT2D eigenvalue weighted by Crippen LogP contribution is -2.14. The van der Waals surface area contributed by atoms with Crippen molar-refractivity contribution in [2.75, 3.05) is 19.6 Å². The molecule has 82 heavy (non-hydrogen) atoms. The Kier molecular flexibility index (Phi) is 16.6. The molecule has 3 N–H and O–H groups in total. The second-order valence-corrected chi connectivity index (χ2v) is 19.1. The number of rotatable bonds is 18. The molecule has 13 nitrogen and oxygen atoms in total. The molecule has 0 aromatic heterocycles. The predicted octanol–water partition coefficient (Wildman–Crippen LogP) is 16.5. The molecule has 9 rings (SSSR count). The van der Waals surface area contributed by atoms with Crippen molar-refractivity contribution in [2.45, 2.75) is 20.8 Å². The standard InChI is InChI=1S/C69H51N7O6/c1-46-7-4-10-64(37-46)74(55-19-13-49(14-20-55)40-52(43-70)67(77)78)61-31-25-58(26-32-61)73(59-27-33-62(34-28-59)75(65-11-5-8-47(2)38-65)56-21-15-50(16-22-56)41-53(44-71)68(79)80)60-29-35-63(36-30-60)76(66-12-6-9-48(3)39-66)57-23-17-51(18-24-57)42-54(45-72)69(81)82/h4-42H,1-3H3,(H,77,78)(H,79,80)(H,81,82)/b52-40-,53-41-,54-42+. The molecule has 0 fully saturated rings. The van der Waals surface area contributed by atoms with Crippen LogP contribution < -0.4 is 19.6 Å².